The van der Waals surface area contributed by atoms with Crippen molar-refractivity contribution in [3.8, 4) is 0 Å². The Morgan fingerprint density at radius 1 is 1.53 bits per heavy atom. The molecule has 0 bridgehead atoms. The topological polar surface area (TPSA) is 65.6 Å². The molecule has 1 atom stereocenters. The molecular weight excluding hydrogens is 216 g/mol. The molecule has 2 heterocycles. The summed E-state index contributed by atoms with van der Waals surface area (Å²) in [5.41, 5.74) is 6.72. The summed E-state index contributed by atoms with van der Waals surface area (Å²) in [7, 11) is 0. The molecule has 0 aromatic heterocycles. The Morgan fingerprint density at radius 2 is 2.18 bits per heavy atom. The highest BCUT2D eigenvalue weighted by Crippen LogP contribution is 2.21. The summed E-state index contributed by atoms with van der Waals surface area (Å²) in [4.78, 5) is 8.04. The van der Waals surface area contributed by atoms with E-state index in [9.17, 15) is 0 Å². The van der Waals surface area contributed by atoms with Gasteiger partial charge in [-0.1, -0.05) is 0 Å². The normalized spacial score (nSPS) is 27.3. The Labute approximate surface area is 103 Å². The number of amidine groups is 1. The van der Waals surface area contributed by atoms with Crippen LogP contribution in [0.1, 0.15) is 26.7 Å². The van der Waals surface area contributed by atoms with Crippen molar-refractivity contribution in [2.24, 2.45) is 11.7 Å². The molecule has 0 aromatic rings. The first-order valence-corrected chi connectivity index (χ1v) is 6.25. The van der Waals surface area contributed by atoms with Crippen LogP contribution < -0.4 is 5.73 Å². The zero-order valence-electron chi connectivity index (χ0n) is 10.6. The molecule has 2 rings (SSSR count). The van der Waals surface area contributed by atoms with Crippen LogP contribution in [-0.4, -0.2) is 41.7 Å². The molecule has 0 amide bonds. The van der Waals surface area contributed by atoms with Gasteiger partial charge in [0.05, 0.1) is 12.5 Å². The number of hydrogen-bond donors (Lipinski definition) is 2. The third-order valence-electron chi connectivity index (χ3n) is 3.52. The van der Waals surface area contributed by atoms with Gasteiger partial charge in [0.25, 0.3) is 0 Å². The van der Waals surface area contributed by atoms with Gasteiger partial charge >= 0.3 is 0 Å². The monoisotopic (exact) mass is 238 g/mol. The smallest absolute Gasteiger partial charge is 0.103 e. The molecule has 0 saturated carbocycles. The first-order chi connectivity index (χ1) is 8.06. The van der Waals surface area contributed by atoms with Gasteiger partial charge in [0.2, 0.25) is 0 Å². The van der Waals surface area contributed by atoms with E-state index in [0.717, 1.165) is 32.6 Å². The fourth-order valence-electron chi connectivity index (χ4n) is 2.45. The lowest BCUT2D eigenvalue weighted by Crippen LogP contribution is -2.43. The Balaban J connectivity index is 1.79. The molecule has 5 nitrogen and oxygen atoms in total. The van der Waals surface area contributed by atoms with Crippen LogP contribution in [0.3, 0.4) is 0 Å². The van der Waals surface area contributed by atoms with Crippen molar-refractivity contribution in [1.82, 2.24) is 9.96 Å². The third kappa shape index (κ3) is 2.98. The number of piperidine rings is 1. The Kier molecular flexibility index (Phi) is 3.69. The molecular formula is C12H22N4O. The fourth-order valence-corrected chi connectivity index (χ4v) is 2.45. The lowest BCUT2D eigenvalue weighted by molar-refractivity contribution is -0.158. The minimum Gasteiger partial charge on any atom is -0.387 e. The largest absolute Gasteiger partial charge is 0.387 e. The number of nitrogens with one attached hydrogen (secondary N) is 1. The number of nitrogens with zero attached hydrogens (tertiary/aromatic N) is 2. The van der Waals surface area contributed by atoms with E-state index in [2.05, 4.69) is 17.9 Å². The van der Waals surface area contributed by atoms with Crippen LogP contribution in [0, 0.1) is 11.3 Å². The molecule has 2 aliphatic heterocycles. The molecule has 2 aliphatic rings. The number of likely N-dealkylation sites (tertiary alicyclic amines) is 1. The second-order valence-corrected chi connectivity index (χ2v) is 4.99. The maximum Gasteiger partial charge on any atom is 0.103 e. The number of hydroxylamine groups is 2. The molecule has 5 heteroatoms. The zero-order chi connectivity index (χ0) is 12.4. The average Bonchev–Trinajstić information content (AvgIpc) is 2.58. The standard InChI is InChI=1S/C12H22N4O/c1-9-7-10(2)17-16(9)8-15-5-3-11(4-6-15)12(13)14/h7,10-11H,3-6,8H2,1-2H3,(H3,13,14). The molecule has 0 spiro atoms. The number of nitrogens with two attached hydrogens (primary N) is 1. The second kappa shape index (κ2) is 5.06. The zero-order valence-corrected chi connectivity index (χ0v) is 10.6. The van der Waals surface area contributed by atoms with E-state index in [1.165, 1.54) is 5.70 Å². The molecule has 17 heavy (non-hydrogen) atoms. The molecule has 96 valence electrons. The summed E-state index contributed by atoms with van der Waals surface area (Å²) in [6, 6.07) is 0. The van der Waals surface area contributed by atoms with Crippen LogP contribution in [0.15, 0.2) is 11.8 Å². The highest BCUT2D eigenvalue weighted by molar-refractivity contribution is 5.79. The van der Waals surface area contributed by atoms with Gasteiger partial charge in [0, 0.05) is 24.7 Å². The van der Waals surface area contributed by atoms with Gasteiger partial charge in [-0.05, 0) is 32.8 Å². The van der Waals surface area contributed by atoms with E-state index in [1.54, 1.807) is 0 Å². The van der Waals surface area contributed by atoms with Crippen molar-refractivity contribution in [1.29, 1.82) is 5.41 Å². The van der Waals surface area contributed by atoms with Crippen LogP contribution in [0.25, 0.3) is 0 Å². The average molecular weight is 238 g/mol. The van der Waals surface area contributed by atoms with Gasteiger partial charge in [0.15, 0.2) is 0 Å². The summed E-state index contributed by atoms with van der Waals surface area (Å²) < 4.78 is 0. The fraction of sp³-hybridized carbons (Fsp3) is 0.750. The van der Waals surface area contributed by atoms with Crippen molar-refractivity contribution in [3.63, 3.8) is 0 Å². The molecule has 1 fully saturated rings. The number of rotatable bonds is 3. The van der Waals surface area contributed by atoms with Gasteiger partial charge in [-0.15, -0.1) is 0 Å². The quantitative estimate of drug-likeness (QED) is 0.571. The van der Waals surface area contributed by atoms with Crippen LogP contribution in [0.5, 0.6) is 0 Å². The summed E-state index contributed by atoms with van der Waals surface area (Å²) >= 11 is 0. The maximum atomic E-state index is 7.45. The molecule has 3 N–H and O–H groups in total. The highest BCUT2D eigenvalue weighted by Gasteiger charge is 2.25. The number of hydrogen-bond acceptors (Lipinski definition) is 4. The first-order valence-electron chi connectivity index (χ1n) is 6.25. The van der Waals surface area contributed by atoms with E-state index < -0.39 is 0 Å². The maximum absolute atomic E-state index is 7.45. The van der Waals surface area contributed by atoms with Crippen molar-refractivity contribution in [2.45, 2.75) is 32.8 Å². The van der Waals surface area contributed by atoms with Crippen LogP contribution in [-0.2, 0) is 4.84 Å². The number of allylic oxidation sites excluding steroid dienone is 1. The summed E-state index contributed by atoms with van der Waals surface area (Å²) in [6.07, 6.45) is 4.29. The van der Waals surface area contributed by atoms with Gasteiger partial charge in [-0.25, -0.2) is 5.06 Å². The van der Waals surface area contributed by atoms with Crippen molar-refractivity contribution in [2.75, 3.05) is 19.8 Å². The van der Waals surface area contributed by atoms with Crippen LogP contribution >= 0.6 is 0 Å². The van der Waals surface area contributed by atoms with Crippen molar-refractivity contribution < 1.29 is 4.84 Å². The molecule has 1 unspecified atom stereocenters. The molecule has 0 aliphatic carbocycles. The predicted molar refractivity (Wildman–Crippen MR) is 67.2 cm³/mol. The van der Waals surface area contributed by atoms with Gasteiger partial charge in [0.1, 0.15) is 6.10 Å². The predicted octanol–water partition coefficient (Wildman–Crippen LogP) is 1.13. The van der Waals surface area contributed by atoms with E-state index >= 15 is 0 Å². The third-order valence-corrected chi connectivity index (χ3v) is 3.52. The van der Waals surface area contributed by atoms with E-state index in [4.69, 9.17) is 16.0 Å². The van der Waals surface area contributed by atoms with Crippen molar-refractivity contribution >= 4 is 5.84 Å². The second-order valence-electron chi connectivity index (χ2n) is 4.99. The van der Waals surface area contributed by atoms with E-state index in [1.807, 2.05) is 12.0 Å². The highest BCUT2D eigenvalue weighted by atomic mass is 16.7. The van der Waals surface area contributed by atoms with Gasteiger partial charge in [-0.2, -0.15) is 0 Å². The van der Waals surface area contributed by atoms with Crippen molar-refractivity contribution in [3.05, 3.63) is 11.8 Å². The minimum absolute atomic E-state index is 0.185. The Hall–Kier alpha value is -1.07. The van der Waals surface area contributed by atoms with Gasteiger partial charge in [-0.3, -0.25) is 15.1 Å². The molecule has 0 radical (unpaired) electrons. The first kappa shape index (κ1) is 12.4. The van der Waals surface area contributed by atoms with Crippen LogP contribution in [0.4, 0.5) is 0 Å². The molecule has 1 saturated heterocycles. The Bertz CT molecular complexity index is 320. The molecule has 0 aromatic carbocycles. The van der Waals surface area contributed by atoms with E-state index in [0.29, 0.717) is 5.84 Å². The van der Waals surface area contributed by atoms with E-state index in [-0.39, 0.29) is 12.0 Å². The minimum atomic E-state index is 0.185. The lowest BCUT2D eigenvalue weighted by Gasteiger charge is -2.34. The summed E-state index contributed by atoms with van der Waals surface area (Å²) in [6.45, 7) is 6.92. The summed E-state index contributed by atoms with van der Waals surface area (Å²) in [5.74, 6) is 0.619. The Morgan fingerprint density at radius 3 is 2.65 bits per heavy atom. The van der Waals surface area contributed by atoms with Crippen LogP contribution in [0.2, 0.25) is 0 Å². The SMILES string of the molecule is CC1=CC(C)ON1CN1CCC(C(=N)N)CC1. The summed E-state index contributed by atoms with van der Waals surface area (Å²) in [5, 5.41) is 9.41. The van der Waals surface area contributed by atoms with Gasteiger partial charge < -0.3 is 5.73 Å². The lowest BCUT2D eigenvalue weighted by atomic mass is 9.96.